The zero-order chi connectivity index (χ0) is 19.0. The molecule has 2 aliphatic rings. The summed E-state index contributed by atoms with van der Waals surface area (Å²) in [5, 5.41) is 0. The fourth-order valence-electron chi connectivity index (χ4n) is 3.85. The average Bonchev–Trinajstić information content (AvgIpc) is 2.69. The van der Waals surface area contributed by atoms with Gasteiger partial charge in [0.05, 0.1) is 18.8 Å². The van der Waals surface area contributed by atoms with Gasteiger partial charge in [-0.15, -0.1) is 0 Å². The van der Waals surface area contributed by atoms with E-state index in [1.54, 1.807) is 11.0 Å². The van der Waals surface area contributed by atoms with Crippen LogP contribution in [0, 0.1) is 0 Å². The molecule has 2 amide bonds. The van der Waals surface area contributed by atoms with E-state index in [-0.39, 0.29) is 25.0 Å². The standard InChI is InChI=1S/C21H23N3O3/c1-14-10-11-15-6-2-3-7-16(15)23(14)13-20(25)24-12-19(21(22)26)27-18-9-5-4-8-17(18)24/h2-9,14,19H,10-13H2,1H3,(H2,22,26)/t14-,19-/m1/s1. The number of amides is 2. The van der Waals surface area contributed by atoms with Gasteiger partial charge >= 0.3 is 0 Å². The van der Waals surface area contributed by atoms with E-state index in [2.05, 4.69) is 24.0 Å². The van der Waals surface area contributed by atoms with Crippen molar-refractivity contribution in [2.45, 2.75) is 31.9 Å². The van der Waals surface area contributed by atoms with Crippen LogP contribution in [0.5, 0.6) is 5.75 Å². The smallest absolute Gasteiger partial charge is 0.260 e. The Kier molecular flexibility index (Phi) is 4.48. The third kappa shape index (κ3) is 3.23. The highest BCUT2D eigenvalue weighted by atomic mass is 16.5. The van der Waals surface area contributed by atoms with Crippen molar-refractivity contribution in [1.82, 2.24) is 0 Å². The monoisotopic (exact) mass is 365 g/mol. The number of carbonyl (C=O) groups is 2. The van der Waals surface area contributed by atoms with Gasteiger partial charge in [0.15, 0.2) is 6.10 Å². The number of para-hydroxylation sites is 3. The maximum absolute atomic E-state index is 13.2. The van der Waals surface area contributed by atoms with Crippen LogP contribution in [0.4, 0.5) is 11.4 Å². The zero-order valence-corrected chi connectivity index (χ0v) is 15.3. The Hall–Kier alpha value is -3.02. The van der Waals surface area contributed by atoms with Gasteiger partial charge in [-0.05, 0) is 43.5 Å². The Morgan fingerprint density at radius 1 is 1.11 bits per heavy atom. The van der Waals surface area contributed by atoms with E-state index in [0.29, 0.717) is 11.4 Å². The minimum atomic E-state index is -0.838. The van der Waals surface area contributed by atoms with Crippen LogP contribution in [0.25, 0.3) is 0 Å². The molecule has 0 saturated heterocycles. The van der Waals surface area contributed by atoms with Gasteiger partial charge in [0.25, 0.3) is 5.91 Å². The molecule has 0 fully saturated rings. The summed E-state index contributed by atoms with van der Waals surface area (Å²) in [5.41, 5.74) is 8.50. The minimum Gasteiger partial charge on any atom is -0.477 e. The van der Waals surface area contributed by atoms with E-state index in [9.17, 15) is 9.59 Å². The van der Waals surface area contributed by atoms with Gasteiger partial charge in [0.1, 0.15) is 5.75 Å². The van der Waals surface area contributed by atoms with Crippen molar-refractivity contribution in [3.8, 4) is 5.75 Å². The molecule has 2 N–H and O–H groups in total. The Morgan fingerprint density at radius 2 is 1.81 bits per heavy atom. The summed E-state index contributed by atoms with van der Waals surface area (Å²) in [7, 11) is 0. The number of primary amides is 1. The molecule has 2 heterocycles. The number of aryl methyl sites for hydroxylation is 1. The summed E-state index contributed by atoms with van der Waals surface area (Å²) in [6.45, 7) is 2.52. The molecule has 0 aliphatic carbocycles. The highest BCUT2D eigenvalue weighted by Crippen LogP contribution is 2.34. The number of carbonyl (C=O) groups excluding carboxylic acids is 2. The van der Waals surface area contributed by atoms with E-state index in [1.807, 2.05) is 30.3 Å². The third-order valence-electron chi connectivity index (χ3n) is 5.36. The highest BCUT2D eigenvalue weighted by molar-refractivity contribution is 5.99. The lowest BCUT2D eigenvalue weighted by molar-refractivity contribution is -0.125. The van der Waals surface area contributed by atoms with E-state index >= 15 is 0 Å². The SMILES string of the molecule is C[C@@H]1CCc2ccccc2N1CC(=O)N1C[C@H](C(N)=O)Oc2ccccc21. The van der Waals surface area contributed by atoms with Crippen LogP contribution in [-0.4, -0.2) is 37.0 Å². The number of nitrogens with zero attached hydrogens (tertiary/aromatic N) is 2. The number of rotatable bonds is 3. The Bertz CT molecular complexity index is 882. The molecule has 0 bridgehead atoms. The first-order chi connectivity index (χ1) is 13.0. The highest BCUT2D eigenvalue weighted by Gasteiger charge is 2.34. The van der Waals surface area contributed by atoms with Crippen molar-refractivity contribution < 1.29 is 14.3 Å². The first-order valence-electron chi connectivity index (χ1n) is 9.24. The average molecular weight is 365 g/mol. The molecular weight excluding hydrogens is 342 g/mol. The molecule has 2 aliphatic heterocycles. The number of benzene rings is 2. The molecule has 0 aromatic heterocycles. The summed E-state index contributed by atoms with van der Waals surface area (Å²) >= 11 is 0. The predicted octanol–water partition coefficient (Wildman–Crippen LogP) is 2.11. The van der Waals surface area contributed by atoms with Crippen LogP contribution in [0.2, 0.25) is 0 Å². The number of anilines is 2. The summed E-state index contributed by atoms with van der Waals surface area (Å²) in [5.74, 6) is -0.132. The van der Waals surface area contributed by atoms with E-state index in [1.165, 1.54) is 5.56 Å². The molecule has 0 radical (unpaired) electrons. The van der Waals surface area contributed by atoms with E-state index < -0.39 is 12.0 Å². The van der Waals surface area contributed by atoms with Gasteiger partial charge in [0.2, 0.25) is 5.91 Å². The van der Waals surface area contributed by atoms with Gasteiger partial charge in [-0.25, -0.2) is 0 Å². The van der Waals surface area contributed by atoms with Crippen molar-refractivity contribution in [3.63, 3.8) is 0 Å². The number of hydrogen-bond donors (Lipinski definition) is 1. The van der Waals surface area contributed by atoms with Crippen molar-refractivity contribution >= 4 is 23.2 Å². The summed E-state index contributed by atoms with van der Waals surface area (Å²) < 4.78 is 5.66. The molecule has 6 heteroatoms. The van der Waals surface area contributed by atoms with E-state index in [0.717, 1.165) is 18.5 Å². The molecule has 2 aromatic rings. The topological polar surface area (TPSA) is 75.9 Å². The van der Waals surface area contributed by atoms with Crippen LogP contribution in [0.15, 0.2) is 48.5 Å². The molecule has 0 spiro atoms. The molecule has 2 aromatic carbocycles. The summed E-state index contributed by atoms with van der Waals surface area (Å²) in [6.07, 6.45) is 1.19. The fraction of sp³-hybridized carbons (Fsp3) is 0.333. The second kappa shape index (κ2) is 6.95. The third-order valence-corrected chi connectivity index (χ3v) is 5.36. The summed E-state index contributed by atoms with van der Waals surface area (Å²) in [6, 6.07) is 15.7. The molecule has 4 rings (SSSR count). The Labute approximate surface area is 158 Å². The molecule has 140 valence electrons. The first-order valence-corrected chi connectivity index (χ1v) is 9.24. The zero-order valence-electron chi connectivity index (χ0n) is 15.3. The first kappa shape index (κ1) is 17.4. The second-order valence-electron chi connectivity index (χ2n) is 7.13. The van der Waals surface area contributed by atoms with Crippen LogP contribution in [-0.2, 0) is 16.0 Å². The normalized spacial score (nSPS) is 21.1. The van der Waals surface area contributed by atoms with Gasteiger partial charge in [-0.3, -0.25) is 9.59 Å². The summed E-state index contributed by atoms with van der Waals surface area (Å²) in [4.78, 5) is 28.7. The number of hydrogen-bond acceptors (Lipinski definition) is 4. The van der Waals surface area contributed by atoms with Gasteiger partial charge in [-0.2, -0.15) is 0 Å². The van der Waals surface area contributed by atoms with Crippen LogP contribution >= 0.6 is 0 Å². The van der Waals surface area contributed by atoms with Crippen molar-refractivity contribution in [1.29, 1.82) is 0 Å². The van der Waals surface area contributed by atoms with Gasteiger partial charge < -0.3 is 20.3 Å². The van der Waals surface area contributed by atoms with Crippen LogP contribution < -0.4 is 20.3 Å². The molecule has 0 saturated carbocycles. The lowest BCUT2D eigenvalue weighted by Gasteiger charge is -2.39. The minimum absolute atomic E-state index is 0.0689. The molecule has 6 nitrogen and oxygen atoms in total. The van der Waals surface area contributed by atoms with E-state index in [4.69, 9.17) is 10.5 Å². The molecular formula is C21H23N3O3. The second-order valence-corrected chi connectivity index (χ2v) is 7.13. The Balaban J connectivity index is 1.62. The predicted molar refractivity (Wildman–Crippen MR) is 104 cm³/mol. The lowest BCUT2D eigenvalue weighted by atomic mass is 9.96. The molecule has 0 unspecified atom stereocenters. The van der Waals surface area contributed by atoms with Crippen molar-refractivity contribution in [2.24, 2.45) is 5.73 Å². The maximum atomic E-state index is 13.2. The molecule has 2 atom stereocenters. The van der Waals surface area contributed by atoms with Crippen molar-refractivity contribution in [2.75, 3.05) is 22.9 Å². The largest absolute Gasteiger partial charge is 0.477 e. The van der Waals surface area contributed by atoms with Gasteiger partial charge in [-0.1, -0.05) is 30.3 Å². The fourth-order valence-corrected chi connectivity index (χ4v) is 3.85. The number of ether oxygens (including phenoxy) is 1. The van der Waals surface area contributed by atoms with Gasteiger partial charge in [0, 0.05) is 11.7 Å². The lowest BCUT2D eigenvalue weighted by Crippen LogP contribution is -2.53. The number of nitrogens with two attached hydrogens (primary N) is 1. The van der Waals surface area contributed by atoms with Crippen LogP contribution in [0.1, 0.15) is 18.9 Å². The Morgan fingerprint density at radius 3 is 2.59 bits per heavy atom. The maximum Gasteiger partial charge on any atom is 0.260 e. The number of fused-ring (bicyclic) bond motifs is 2. The van der Waals surface area contributed by atoms with Crippen LogP contribution in [0.3, 0.4) is 0 Å². The van der Waals surface area contributed by atoms with Crippen molar-refractivity contribution in [3.05, 3.63) is 54.1 Å². The molecule has 27 heavy (non-hydrogen) atoms. The quantitative estimate of drug-likeness (QED) is 0.904.